The lowest BCUT2D eigenvalue weighted by molar-refractivity contribution is -0.115. The fraction of sp³-hybridized carbons (Fsp3) is 0.391. The number of hydrogen-bond donors (Lipinski definition) is 1. The first-order valence-electron chi connectivity index (χ1n) is 9.77. The Balaban J connectivity index is 1.57. The van der Waals surface area contributed by atoms with E-state index in [9.17, 15) is 9.59 Å². The monoisotopic (exact) mass is 396 g/mol. The summed E-state index contributed by atoms with van der Waals surface area (Å²) in [6, 6.07) is 13.4. The van der Waals surface area contributed by atoms with Crippen molar-refractivity contribution >= 4 is 17.7 Å². The second kappa shape index (κ2) is 8.55. The zero-order chi connectivity index (χ0) is 21.0. The van der Waals surface area contributed by atoms with Crippen molar-refractivity contribution in [2.45, 2.75) is 45.8 Å². The minimum absolute atomic E-state index is 0.0819. The van der Waals surface area contributed by atoms with E-state index >= 15 is 0 Å². The van der Waals surface area contributed by atoms with E-state index in [1.165, 1.54) is 4.90 Å². The summed E-state index contributed by atoms with van der Waals surface area (Å²) in [7, 11) is 1.69. The molecule has 0 unspecified atom stereocenters. The molecule has 0 saturated carbocycles. The lowest BCUT2D eigenvalue weighted by Gasteiger charge is -2.24. The molecule has 1 aliphatic heterocycles. The molecule has 0 aromatic heterocycles. The highest BCUT2D eigenvalue weighted by Gasteiger charge is 2.19. The molecular formula is C23H28N2O4. The molecule has 2 aromatic rings. The molecule has 0 saturated heterocycles. The van der Waals surface area contributed by atoms with Crippen molar-refractivity contribution < 1.29 is 19.1 Å². The Morgan fingerprint density at radius 3 is 2.69 bits per heavy atom. The largest absolute Gasteiger partial charge is 0.493 e. The van der Waals surface area contributed by atoms with Crippen LogP contribution in [0.15, 0.2) is 42.5 Å². The van der Waals surface area contributed by atoms with Crippen LogP contribution in [0.2, 0.25) is 0 Å². The van der Waals surface area contributed by atoms with E-state index in [2.05, 4.69) is 5.32 Å². The van der Waals surface area contributed by atoms with Gasteiger partial charge in [-0.1, -0.05) is 24.3 Å². The molecule has 0 spiro atoms. The molecule has 0 radical (unpaired) electrons. The van der Waals surface area contributed by atoms with Crippen LogP contribution in [0.4, 0.5) is 10.5 Å². The average molecular weight is 396 g/mol. The van der Waals surface area contributed by atoms with Crippen molar-refractivity contribution in [3.8, 4) is 5.75 Å². The van der Waals surface area contributed by atoms with Crippen molar-refractivity contribution in [3.63, 3.8) is 0 Å². The predicted octanol–water partition coefficient (Wildman–Crippen LogP) is 4.17. The average Bonchev–Trinajstić information content (AvgIpc) is 3.08. The van der Waals surface area contributed by atoms with Crippen molar-refractivity contribution in [1.82, 2.24) is 4.90 Å². The van der Waals surface area contributed by atoms with Crippen molar-refractivity contribution in [2.75, 3.05) is 19.0 Å². The van der Waals surface area contributed by atoms with Gasteiger partial charge in [-0.05, 0) is 55.7 Å². The lowest BCUT2D eigenvalue weighted by atomic mass is 10.1. The lowest BCUT2D eigenvalue weighted by Crippen LogP contribution is -2.33. The molecule has 1 N–H and O–H groups in total. The van der Waals surface area contributed by atoms with Gasteiger partial charge in [0.05, 0.1) is 13.0 Å². The maximum Gasteiger partial charge on any atom is 0.410 e. The first-order valence-corrected chi connectivity index (χ1v) is 9.77. The minimum Gasteiger partial charge on any atom is -0.493 e. The van der Waals surface area contributed by atoms with Gasteiger partial charge in [-0.2, -0.15) is 0 Å². The molecular weight excluding hydrogens is 368 g/mol. The summed E-state index contributed by atoms with van der Waals surface area (Å²) in [5, 5.41) is 2.93. The normalized spacial score (nSPS) is 12.7. The first-order chi connectivity index (χ1) is 13.7. The first kappa shape index (κ1) is 20.7. The van der Waals surface area contributed by atoms with Gasteiger partial charge in [0.15, 0.2) is 0 Å². The second-order valence-corrected chi connectivity index (χ2v) is 8.30. The second-order valence-electron chi connectivity index (χ2n) is 8.30. The third kappa shape index (κ3) is 5.98. The van der Waals surface area contributed by atoms with Gasteiger partial charge in [-0.15, -0.1) is 0 Å². The molecule has 3 rings (SSSR count). The van der Waals surface area contributed by atoms with E-state index in [0.717, 1.165) is 28.9 Å². The van der Waals surface area contributed by atoms with Crippen LogP contribution >= 0.6 is 0 Å². The molecule has 154 valence electrons. The maximum atomic E-state index is 12.5. The van der Waals surface area contributed by atoms with E-state index in [4.69, 9.17) is 9.47 Å². The highest BCUT2D eigenvalue weighted by Crippen LogP contribution is 2.26. The molecule has 1 heterocycles. The summed E-state index contributed by atoms with van der Waals surface area (Å²) < 4.78 is 10.9. The molecule has 2 amide bonds. The zero-order valence-electron chi connectivity index (χ0n) is 17.5. The number of benzene rings is 2. The van der Waals surface area contributed by atoms with Crippen LogP contribution in [0.5, 0.6) is 5.75 Å². The summed E-state index contributed by atoms with van der Waals surface area (Å²) in [6.07, 6.45) is 0.806. The molecule has 0 atom stereocenters. The summed E-state index contributed by atoms with van der Waals surface area (Å²) in [4.78, 5) is 26.1. The number of fused-ring (bicyclic) bond motifs is 1. The van der Waals surface area contributed by atoms with Gasteiger partial charge in [-0.3, -0.25) is 4.79 Å². The van der Waals surface area contributed by atoms with E-state index in [1.54, 1.807) is 7.05 Å². The molecule has 29 heavy (non-hydrogen) atoms. The third-order valence-corrected chi connectivity index (χ3v) is 4.45. The van der Waals surface area contributed by atoms with Gasteiger partial charge in [0.2, 0.25) is 5.91 Å². The van der Waals surface area contributed by atoms with Crippen LogP contribution in [0.1, 0.15) is 37.5 Å². The van der Waals surface area contributed by atoms with Crippen LogP contribution < -0.4 is 10.1 Å². The summed E-state index contributed by atoms with van der Waals surface area (Å²) >= 11 is 0. The van der Waals surface area contributed by atoms with Gasteiger partial charge in [0, 0.05) is 25.7 Å². The number of carbonyl (C=O) groups is 2. The van der Waals surface area contributed by atoms with Gasteiger partial charge < -0.3 is 19.7 Å². The standard InChI is InChI=1S/C23H28N2O4/c1-23(2,3)29-22(27)25(4)15-17-6-5-7-19(13-17)24-21(26)14-16-8-9-20-18(12-16)10-11-28-20/h5-9,12-13H,10-11,14-15H2,1-4H3,(H,24,26). The smallest absolute Gasteiger partial charge is 0.410 e. The third-order valence-electron chi connectivity index (χ3n) is 4.45. The number of amides is 2. The van der Waals surface area contributed by atoms with E-state index in [0.29, 0.717) is 25.3 Å². The Hall–Kier alpha value is -3.02. The molecule has 0 fully saturated rings. The van der Waals surface area contributed by atoms with Crippen LogP contribution in [0.3, 0.4) is 0 Å². The Bertz CT molecular complexity index is 902. The Kier molecular flexibility index (Phi) is 6.11. The molecule has 0 bridgehead atoms. The van der Waals surface area contributed by atoms with Crippen LogP contribution in [0, 0.1) is 0 Å². The Morgan fingerprint density at radius 2 is 1.93 bits per heavy atom. The fourth-order valence-corrected chi connectivity index (χ4v) is 3.17. The van der Waals surface area contributed by atoms with Crippen molar-refractivity contribution in [1.29, 1.82) is 0 Å². The SMILES string of the molecule is CN(Cc1cccc(NC(=O)Cc2ccc3c(c2)CCO3)c1)C(=O)OC(C)(C)C. The number of ether oxygens (including phenoxy) is 2. The van der Waals surface area contributed by atoms with Gasteiger partial charge >= 0.3 is 6.09 Å². The molecule has 2 aromatic carbocycles. The Morgan fingerprint density at radius 1 is 1.14 bits per heavy atom. The van der Waals surface area contributed by atoms with Crippen LogP contribution in [-0.2, 0) is 28.9 Å². The van der Waals surface area contributed by atoms with Crippen LogP contribution in [0.25, 0.3) is 0 Å². The maximum absolute atomic E-state index is 12.5. The van der Waals surface area contributed by atoms with Gasteiger partial charge in [0.1, 0.15) is 11.4 Å². The quantitative estimate of drug-likeness (QED) is 0.824. The molecule has 0 aliphatic carbocycles. The van der Waals surface area contributed by atoms with Crippen LogP contribution in [-0.4, -0.2) is 36.2 Å². The number of carbonyl (C=O) groups excluding carboxylic acids is 2. The topological polar surface area (TPSA) is 67.9 Å². The fourth-order valence-electron chi connectivity index (χ4n) is 3.17. The predicted molar refractivity (Wildman–Crippen MR) is 112 cm³/mol. The van der Waals surface area contributed by atoms with E-state index in [-0.39, 0.29) is 12.0 Å². The number of nitrogens with one attached hydrogen (secondary N) is 1. The number of rotatable bonds is 5. The van der Waals surface area contributed by atoms with E-state index < -0.39 is 5.60 Å². The van der Waals surface area contributed by atoms with E-state index in [1.807, 2.05) is 63.2 Å². The zero-order valence-corrected chi connectivity index (χ0v) is 17.5. The molecule has 6 heteroatoms. The summed E-state index contributed by atoms with van der Waals surface area (Å²) in [5.41, 5.74) is 3.20. The minimum atomic E-state index is -0.537. The Labute approximate surface area is 171 Å². The summed E-state index contributed by atoms with van der Waals surface area (Å²) in [6.45, 7) is 6.60. The van der Waals surface area contributed by atoms with Gasteiger partial charge in [0.25, 0.3) is 0 Å². The summed E-state index contributed by atoms with van der Waals surface area (Å²) in [5.74, 6) is 0.831. The highest BCUT2D eigenvalue weighted by molar-refractivity contribution is 5.92. The van der Waals surface area contributed by atoms with Gasteiger partial charge in [-0.25, -0.2) is 4.79 Å². The number of anilines is 1. The highest BCUT2D eigenvalue weighted by atomic mass is 16.6. The number of nitrogens with zero attached hydrogens (tertiary/aromatic N) is 1. The molecule has 1 aliphatic rings. The van der Waals surface area contributed by atoms with Crippen molar-refractivity contribution in [2.24, 2.45) is 0 Å². The molecule has 6 nitrogen and oxygen atoms in total. The van der Waals surface area contributed by atoms with Crippen molar-refractivity contribution in [3.05, 3.63) is 59.2 Å². The number of hydrogen-bond acceptors (Lipinski definition) is 4.